The second-order valence-electron chi connectivity index (χ2n) is 6.28. The molecule has 0 spiro atoms. The van der Waals surface area contributed by atoms with Crippen molar-refractivity contribution in [2.45, 2.75) is 19.1 Å². The number of likely N-dealkylation sites (tertiary alicyclic amines) is 1. The van der Waals surface area contributed by atoms with Crippen LogP contribution in [0.15, 0.2) is 41.0 Å². The van der Waals surface area contributed by atoms with Crippen molar-refractivity contribution < 1.29 is 22.8 Å². The van der Waals surface area contributed by atoms with E-state index in [1.807, 2.05) is 24.3 Å². The Bertz CT molecular complexity index is 853. The maximum Gasteiger partial charge on any atom is 0.406 e. The number of halogens is 4. The Morgan fingerprint density at radius 1 is 1.33 bits per heavy atom. The predicted molar refractivity (Wildman–Crippen MR) is 94.8 cm³/mol. The summed E-state index contributed by atoms with van der Waals surface area (Å²) in [5, 5.41) is 6.82. The van der Waals surface area contributed by atoms with Crippen LogP contribution in [0.1, 0.15) is 12.0 Å². The van der Waals surface area contributed by atoms with Crippen molar-refractivity contribution in [3.8, 4) is 0 Å². The third-order valence-corrected chi connectivity index (χ3v) is 4.64. The largest absolute Gasteiger partial charge is 0.406 e. The van der Waals surface area contributed by atoms with Gasteiger partial charge in [0.25, 0.3) is 0 Å². The molecule has 1 atom stereocenters. The summed E-state index contributed by atoms with van der Waals surface area (Å²) in [7, 11) is 0. The number of benzene rings is 1. The second kappa shape index (κ2) is 7.71. The lowest BCUT2D eigenvalue weighted by molar-refractivity contribution is -0.157. The van der Waals surface area contributed by atoms with Gasteiger partial charge in [0.2, 0.25) is 11.8 Å². The molecule has 1 aliphatic heterocycles. The normalized spacial score (nSPS) is 17.4. The lowest BCUT2D eigenvalue weighted by atomic mass is 10.1. The quantitative estimate of drug-likeness (QED) is 0.770. The highest BCUT2D eigenvalue weighted by molar-refractivity contribution is 9.10. The number of hydrogen-bond donors (Lipinski definition) is 1. The van der Waals surface area contributed by atoms with E-state index in [4.69, 9.17) is 0 Å². The van der Waals surface area contributed by atoms with E-state index in [1.165, 1.54) is 6.20 Å². The molecule has 0 radical (unpaired) electrons. The maximum absolute atomic E-state index is 12.5. The van der Waals surface area contributed by atoms with E-state index in [0.29, 0.717) is 17.3 Å². The number of carbonyl (C=O) groups excluding carboxylic acids is 2. The van der Waals surface area contributed by atoms with Gasteiger partial charge < -0.3 is 10.2 Å². The first-order valence-corrected chi connectivity index (χ1v) is 8.92. The Hall–Kier alpha value is -2.36. The van der Waals surface area contributed by atoms with Gasteiger partial charge in [-0.2, -0.15) is 18.3 Å². The maximum atomic E-state index is 12.5. The van der Waals surface area contributed by atoms with E-state index < -0.39 is 30.5 Å². The Morgan fingerprint density at radius 2 is 2.11 bits per heavy atom. The van der Waals surface area contributed by atoms with E-state index in [1.54, 1.807) is 10.7 Å². The van der Waals surface area contributed by atoms with Crippen molar-refractivity contribution in [2.75, 3.05) is 18.4 Å². The summed E-state index contributed by atoms with van der Waals surface area (Å²) in [6, 6.07) is 9.18. The zero-order chi connectivity index (χ0) is 19.6. The Morgan fingerprint density at radius 3 is 2.81 bits per heavy atom. The first kappa shape index (κ1) is 19.4. The van der Waals surface area contributed by atoms with Crippen molar-refractivity contribution in [1.29, 1.82) is 0 Å². The number of carbonyl (C=O) groups is 2. The molecule has 1 unspecified atom stereocenters. The van der Waals surface area contributed by atoms with Crippen LogP contribution in [0.4, 0.5) is 19.0 Å². The van der Waals surface area contributed by atoms with Crippen molar-refractivity contribution in [3.05, 3.63) is 46.6 Å². The van der Waals surface area contributed by atoms with Gasteiger partial charge in [-0.15, -0.1) is 0 Å². The van der Waals surface area contributed by atoms with Crippen LogP contribution >= 0.6 is 15.9 Å². The molecule has 1 saturated heterocycles. The topological polar surface area (TPSA) is 67.2 Å². The van der Waals surface area contributed by atoms with Gasteiger partial charge in [-0.05, 0) is 17.7 Å². The molecule has 2 aromatic rings. The molecule has 3 rings (SSSR count). The molecule has 1 N–H and O–H groups in total. The molecule has 1 aromatic heterocycles. The summed E-state index contributed by atoms with van der Waals surface area (Å²) in [4.78, 5) is 24.8. The molecule has 144 valence electrons. The van der Waals surface area contributed by atoms with Crippen LogP contribution in [-0.2, 0) is 16.1 Å². The third-order valence-electron chi connectivity index (χ3n) is 4.14. The monoisotopic (exact) mass is 444 g/mol. The smallest absolute Gasteiger partial charge is 0.333 e. The van der Waals surface area contributed by atoms with Crippen LogP contribution in [0, 0.1) is 5.92 Å². The SMILES string of the molecule is O=C(Nc1ccnn1Cc1cccc(Br)c1)C1CC(=O)N(CC(F)(F)F)C1. The minimum Gasteiger partial charge on any atom is -0.333 e. The molecule has 1 fully saturated rings. The van der Waals surface area contributed by atoms with Gasteiger partial charge in [0.1, 0.15) is 12.4 Å². The molecule has 2 amide bonds. The predicted octanol–water partition coefficient (Wildman–Crippen LogP) is 3.04. The summed E-state index contributed by atoms with van der Waals surface area (Å²) in [5.74, 6) is -1.57. The fraction of sp³-hybridized carbons (Fsp3) is 0.353. The van der Waals surface area contributed by atoms with Gasteiger partial charge in [0.15, 0.2) is 0 Å². The number of amides is 2. The van der Waals surface area contributed by atoms with Crippen molar-refractivity contribution >= 4 is 33.6 Å². The molecule has 0 saturated carbocycles. The highest BCUT2D eigenvalue weighted by Gasteiger charge is 2.40. The Balaban J connectivity index is 1.64. The van der Waals surface area contributed by atoms with Gasteiger partial charge in [0.05, 0.1) is 18.7 Å². The number of aromatic nitrogens is 2. The lowest BCUT2D eigenvalue weighted by Gasteiger charge is -2.18. The standard InChI is InChI=1S/C17H16BrF3N4O2/c18-13-3-1-2-11(6-13)8-25-14(4-5-22-25)23-16(27)12-7-15(26)24(9-12)10-17(19,20)21/h1-6,12H,7-10H2,(H,23,27). The summed E-state index contributed by atoms with van der Waals surface area (Å²) < 4.78 is 40.0. The van der Waals surface area contributed by atoms with Crippen LogP contribution in [-0.4, -0.2) is 45.8 Å². The Kier molecular flexibility index (Phi) is 5.54. The number of hydrogen-bond acceptors (Lipinski definition) is 3. The van der Waals surface area contributed by atoms with Crippen LogP contribution in [0.25, 0.3) is 0 Å². The number of anilines is 1. The van der Waals surface area contributed by atoms with E-state index >= 15 is 0 Å². The van der Waals surface area contributed by atoms with Gasteiger partial charge in [-0.3, -0.25) is 9.59 Å². The number of alkyl halides is 3. The minimum atomic E-state index is -4.48. The van der Waals surface area contributed by atoms with Crippen LogP contribution in [0.3, 0.4) is 0 Å². The van der Waals surface area contributed by atoms with Crippen LogP contribution in [0.5, 0.6) is 0 Å². The fourth-order valence-corrected chi connectivity index (χ4v) is 3.37. The summed E-state index contributed by atoms with van der Waals surface area (Å²) in [6.07, 6.45) is -3.20. The molecule has 0 aliphatic carbocycles. The van der Waals surface area contributed by atoms with E-state index in [0.717, 1.165) is 10.0 Å². The van der Waals surface area contributed by atoms with E-state index in [-0.39, 0.29) is 13.0 Å². The lowest BCUT2D eigenvalue weighted by Crippen LogP contribution is -2.36. The summed E-state index contributed by atoms with van der Waals surface area (Å²) in [6.45, 7) is -1.17. The van der Waals surface area contributed by atoms with E-state index in [9.17, 15) is 22.8 Å². The molecular formula is C17H16BrF3N4O2. The minimum absolute atomic E-state index is 0.234. The molecule has 27 heavy (non-hydrogen) atoms. The highest BCUT2D eigenvalue weighted by atomic mass is 79.9. The number of nitrogens with one attached hydrogen (secondary N) is 1. The fourth-order valence-electron chi connectivity index (χ4n) is 2.92. The molecular weight excluding hydrogens is 429 g/mol. The average molecular weight is 445 g/mol. The third kappa shape index (κ3) is 5.09. The molecule has 6 nitrogen and oxygen atoms in total. The average Bonchev–Trinajstić information content (AvgIpc) is 3.13. The highest BCUT2D eigenvalue weighted by Crippen LogP contribution is 2.25. The molecule has 2 heterocycles. The summed E-state index contributed by atoms with van der Waals surface area (Å²) in [5.41, 5.74) is 0.955. The van der Waals surface area contributed by atoms with Crippen molar-refractivity contribution in [1.82, 2.24) is 14.7 Å². The number of rotatable bonds is 5. The first-order valence-electron chi connectivity index (χ1n) is 8.13. The Labute approximate surface area is 161 Å². The van der Waals surface area contributed by atoms with E-state index in [2.05, 4.69) is 26.3 Å². The first-order chi connectivity index (χ1) is 12.7. The van der Waals surface area contributed by atoms with Gasteiger partial charge in [-0.1, -0.05) is 28.1 Å². The van der Waals surface area contributed by atoms with Gasteiger partial charge >= 0.3 is 6.18 Å². The van der Waals surface area contributed by atoms with Crippen molar-refractivity contribution in [3.63, 3.8) is 0 Å². The zero-order valence-electron chi connectivity index (χ0n) is 14.0. The van der Waals surface area contributed by atoms with Crippen LogP contribution in [0.2, 0.25) is 0 Å². The van der Waals surface area contributed by atoms with Crippen LogP contribution < -0.4 is 5.32 Å². The van der Waals surface area contributed by atoms with Crippen molar-refractivity contribution in [2.24, 2.45) is 5.92 Å². The molecule has 10 heteroatoms. The molecule has 0 bridgehead atoms. The molecule has 1 aliphatic rings. The zero-order valence-corrected chi connectivity index (χ0v) is 15.6. The van der Waals surface area contributed by atoms with Gasteiger partial charge in [-0.25, -0.2) is 4.68 Å². The second-order valence-corrected chi connectivity index (χ2v) is 7.20. The molecule has 1 aromatic carbocycles. The number of nitrogens with zero attached hydrogens (tertiary/aromatic N) is 3. The van der Waals surface area contributed by atoms with Gasteiger partial charge in [0, 0.05) is 23.5 Å². The summed E-state index contributed by atoms with van der Waals surface area (Å²) >= 11 is 3.39.